The molecular weight excluding hydrogens is 308 g/mol. The summed E-state index contributed by atoms with van der Waals surface area (Å²) in [5.41, 5.74) is 3.68. The summed E-state index contributed by atoms with van der Waals surface area (Å²) >= 11 is 0. The van der Waals surface area contributed by atoms with Gasteiger partial charge in [0, 0.05) is 28.5 Å². The first-order chi connectivity index (χ1) is 12.3. The number of benzene rings is 2. The van der Waals surface area contributed by atoms with Gasteiger partial charge in [-0.2, -0.15) is 5.26 Å². The molecule has 0 unspecified atom stereocenters. The molecule has 0 bridgehead atoms. The molecule has 0 saturated heterocycles. The fourth-order valence-electron chi connectivity index (χ4n) is 3.28. The van der Waals surface area contributed by atoms with Crippen LogP contribution in [-0.4, -0.2) is 16.0 Å². The highest BCUT2D eigenvalue weighted by atomic mass is 15.0. The lowest BCUT2D eigenvalue weighted by Crippen LogP contribution is -2.19. The van der Waals surface area contributed by atoms with E-state index in [9.17, 15) is 5.26 Å². The zero-order chi connectivity index (χ0) is 17.2. The molecule has 4 rings (SSSR count). The molecule has 0 aliphatic heterocycles. The molecule has 4 nitrogen and oxygen atoms in total. The van der Waals surface area contributed by atoms with Crippen LogP contribution in [0.15, 0.2) is 60.8 Å². The lowest BCUT2D eigenvalue weighted by Gasteiger charge is -2.15. The zero-order valence-corrected chi connectivity index (χ0v) is 14.0. The highest BCUT2D eigenvalue weighted by Crippen LogP contribution is 2.30. The van der Waals surface area contributed by atoms with E-state index in [1.165, 1.54) is 5.56 Å². The Labute approximate surface area is 146 Å². The summed E-state index contributed by atoms with van der Waals surface area (Å²) < 4.78 is 0. The molecule has 0 saturated carbocycles. The van der Waals surface area contributed by atoms with E-state index in [2.05, 4.69) is 40.4 Å². The minimum absolute atomic E-state index is 0.170. The highest BCUT2D eigenvalue weighted by molar-refractivity contribution is 6.09. The number of nitriles is 1. The van der Waals surface area contributed by atoms with Crippen molar-refractivity contribution in [3.05, 3.63) is 71.9 Å². The molecule has 1 atom stereocenters. The number of hydrogen-bond acceptors (Lipinski definition) is 3. The van der Waals surface area contributed by atoms with E-state index in [0.717, 1.165) is 28.2 Å². The second kappa shape index (κ2) is 6.29. The van der Waals surface area contributed by atoms with Gasteiger partial charge >= 0.3 is 0 Å². The van der Waals surface area contributed by atoms with Crippen LogP contribution in [0.3, 0.4) is 0 Å². The Morgan fingerprint density at radius 1 is 1.08 bits per heavy atom. The minimum atomic E-state index is 0.170. The second-order valence-corrected chi connectivity index (χ2v) is 6.29. The van der Waals surface area contributed by atoms with Crippen LogP contribution in [-0.2, 0) is 6.42 Å². The number of pyridine rings is 1. The summed E-state index contributed by atoms with van der Waals surface area (Å²) in [6.45, 7) is 2.10. The van der Waals surface area contributed by atoms with Gasteiger partial charge in [-0.3, -0.25) is 0 Å². The van der Waals surface area contributed by atoms with Gasteiger partial charge in [0.25, 0.3) is 0 Å². The summed E-state index contributed by atoms with van der Waals surface area (Å²) in [6.07, 6.45) is 2.71. The van der Waals surface area contributed by atoms with Gasteiger partial charge in [-0.15, -0.1) is 0 Å². The van der Waals surface area contributed by atoms with E-state index >= 15 is 0 Å². The van der Waals surface area contributed by atoms with Crippen molar-refractivity contribution < 1.29 is 0 Å². The lowest BCUT2D eigenvalue weighted by molar-refractivity contribution is 0.784. The van der Waals surface area contributed by atoms with Crippen LogP contribution in [0, 0.1) is 11.3 Å². The van der Waals surface area contributed by atoms with Gasteiger partial charge in [0.2, 0.25) is 0 Å². The van der Waals surface area contributed by atoms with Crippen LogP contribution in [0.4, 0.5) is 5.82 Å². The van der Waals surface area contributed by atoms with E-state index < -0.39 is 0 Å². The Morgan fingerprint density at radius 2 is 1.84 bits per heavy atom. The first kappa shape index (κ1) is 15.2. The number of aromatic nitrogens is 2. The molecule has 0 aliphatic rings. The average Bonchev–Trinajstić information content (AvgIpc) is 3.01. The number of fused-ring (bicyclic) bond motifs is 3. The van der Waals surface area contributed by atoms with Crippen molar-refractivity contribution in [2.24, 2.45) is 0 Å². The summed E-state index contributed by atoms with van der Waals surface area (Å²) in [5, 5.41) is 15.2. The largest absolute Gasteiger partial charge is 0.366 e. The Balaban J connectivity index is 1.70. The van der Waals surface area contributed by atoms with Crippen molar-refractivity contribution in [2.45, 2.75) is 19.4 Å². The smallest absolute Gasteiger partial charge is 0.146 e. The molecular formula is C21H18N4. The van der Waals surface area contributed by atoms with E-state index in [0.29, 0.717) is 11.4 Å². The maximum absolute atomic E-state index is 9.69. The molecule has 0 amide bonds. The number of aromatic amines is 1. The third kappa shape index (κ3) is 2.81. The Morgan fingerprint density at radius 3 is 2.64 bits per heavy atom. The van der Waals surface area contributed by atoms with Gasteiger partial charge < -0.3 is 10.3 Å². The second-order valence-electron chi connectivity index (χ2n) is 6.29. The van der Waals surface area contributed by atoms with Crippen LogP contribution in [0.5, 0.6) is 0 Å². The normalized spacial score (nSPS) is 12.2. The molecule has 25 heavy (non-hydrogen) atoms. The van der Waals surface area contributed by atoms with Crippen LogP contribution in [0.2, 0.25) is 0 Å². The van der Waals surface area contributed by atoms with Crippen molar-refractivity contribution >= 4 is 27.6 Å². The van der Waals surface area contributed by atoms with E-state index in [-0.39, 0.29) is 6.04 Å². The van der Waals surface area contributed by atoms with Gasteiger partial charge in [-0.25, -0.2) is 4.98 Å². The molecule has 0 fully saturated rings. The number of anilines is 1. The van der Waals surface area contributed by atoms with Crippen LogP contribution in [0.1, 0.15) is 18.1 Å². The molecule has 2 aromatic heterocycles. The zero-order valence-electron chi connectivity index (χ0n) is 14.0. The lowest BCUT2D eigenvalue weighted by atomic mass is 10.1. The van der Waals surface area contributed by atoms with E-state index in [4.69, 9.17) is 0 Å². The average molecular weight is 326 g/mol. The minimum Gasteiger partial charge on any atom is -0.366 e. The molecule has 0 aliphatic carbocycles. The number of para-hydroxylation sites is 1. The van der Waals surface area contributed by atoms with Crippen molar-refractivity contribution in [1.29, 1.82) is 5.26 Å². The van der Waals surface area contributed by atoms with Gasteiger partial charge in [0.1, 0.15) is 17.5 Å². The van der Waals surface area contributed by atoms with Crippen LogP contribution < -0.4 is 5.32 Å². The number of rotatable bonds is 4. The van der Waals surface area contributed by atoms with Gasteiger partial charge in [0.05, 0.1) is 5.52 Å². The maximum Gasteiger partial charge on any atom is 0.146 e. The van der Waals surface area contributed by atoms with Gasteiger partial charge in [-0.05, 0) is 25.0 Å². The predicted octanol–water partition coefficient (Wildman–Crippen LogP) is 4.63. The fourth-order valence-corrected chi connectivity index (χ4v) is 3.28. The van der Waals surface area contributed by atoms with Crippen molar-refractivity contribution in [2.75, 3.05) is 5.32 Å². The first-order valence-corrected chi connectivity index (χ1v) is 8.36. The monoisotopic (exact) mass is 326 g/mol. The van der Waals surface area contributed by atoms with E-state index in [1.54, 1.807) is 0 Å². The molecule has 4 aromatic rings. The topological polar surface area (TPSA) is 64.5 Å². The summed E-state index contributed by atoms with van der Waals surface area (Å²) in [5.74, 6) is 0.630. The number of nitrogens with zero attached hydrogens (tertiary/aromatic N) is 2. The van der Waals surface area contributed by atoms with Gasteiger partial charge in [-0.1, -0.05) is 48.5 Å². The summed E-state index contributed by atoms with van der Waals surface area (Å²) in [4.78, 5) is 7.89. The van der Waals surface area contributed by atoms with Crippen LogP contribution >= 0.6 is 0 Å². The number of nitrogens with one attached hydrogen (secondary N) is 2. The summed E-state index contributed by atoms with van der Waals surface area (Å²) in [7, 11) is 0. The fraction of sp³-hybridized carbons (Fsp3) is 0.143. The third-order valence-corrected chi connectivity index (χ3v) is 4.44. The van der Waals surface area contributed by atoms with Crippen LogP contribution in [0.25, 0.3) is 21.8 Å². The highest BCUT2D eigenvalue weighted by Gasteiger charge is 2.15. The third-order valence-electron chi connectivity index (χ3n) is 4.44. The standard InChI is InChI=1S/C21H18N4/c1-14(11-15-7-3-2-4-8-15)24-21-17(12-22)20-18(13-23-21)16-9-5-6-10-19(16)25-20/h2-10,13-14,25H,11H2,1H3,(H,23,24)/t14-/m0/s1. The Kier molecular flexibility index (Phi) is 3.83. The molecule has 122 valence electrons. The molecule has 0 spiro atoms. The first-order valence-electron chi connectivity index (χ1n) is 8.36. The predicted molar refractivity (Wildman–Crippen MR) is 102 cm³/mol. The van der Waals surface area contributed by atoms with E-state index in [1.807, 2.05) is 48.7 Å². The maximum atomic E-state index is 9.69. The molecule has 0 radical (unpaired) electrons. The molecule has 2 N–H and O–H groups in total. The summed E-state index contributed by atoms with van der Waals surface area (Å²) in [6, 6.07) is 20.8. The van der Waals surface area contributed by atoms with Crippen molar-refractivity contribution in [3.63, 3.8) is 0 Å². The Hall–Kier alpha value is -3.32. The van der Waals surface area contributed by atoms with Gasteiger partial charge in [0.15, 0.2) is 0 Å². The SMILES string of the molecule is C[C@@H](Cc1ccccc1)Nc1ncc2c([nH]c3ccccc32)c1C#N. The molecule has 2 aromatic carbocycles. The Bertz CT molecular complexity index is 1070. The molecule has 2 heterocycles. The van der Waals surface area contributed by atoms with Crippen molar-refractivity contribution in [3.8, 4) is 6.07 Å². The molecule has 4 heteroatoms. The number of hydrogen-bond donors (Lipinski definition) is 2. The van der Waals surface area contributed by atoms with Crippen molar-refractivity contribution in [1.82, 2.24) is 9.97 Å². The quantitative estimate of drug-likeness (QED) is 0.574. The number of H-pyrrole nitrogens is 1.